The number of thiophene rings is 1. The SMILES string of the molecule is Cc1cc(CN)cc(C)c1NC(=O)c1cc2c(cc1-c1ccc(C(=O)NC34CCC(CC3)CC4)nc1C(=O)O)OCCc1ccsc1-2. The maximum Gasteiger partial charge on any atom is 0.355 e. The van der Waals surface area contributed by atoms with Crippen molar-refractivity contribution in [2.24, 2.45) is 11.7 Å². The number of aromatic nitrogens is 1. The predicted molar refractivity (Wildman–Crippen MR) is 182 cm³/mol. The van der Waals surface area contributed by atoms with Crippen LogP contribution in [0.1, 0.15) is 92.1 Å². The van der Waals surface area contributed by atoms with Crippen molar-refractivity contribution < 1.29 is 24.2 Å². The Morgan fingerprint density at radius 1 is 0.979 bits per heavy atom. The lowest BCUT2D eigenvalue weighted by Crippen LogP contribution is -2.53. The van der Waals surface area contributed by atoms with E-state index in [2.05, 4.69) is 21.7 Å². The molecule has 9 nitrogen and oxygen atoms in total. The third kappa shape index (κ3) is 5.80. The van der Waals surface area contributed by atoms with Gasteiger partial charge >= 0.3 is 5.97 Å². The second-order valence-corrected chi connectivity index (χ2v) is 14.1. The number of amides is 2. The molecule has 4 aromatic rings. The average molecular weight is 651 g/mol. The van der Waals surface area contributed by atoms with Crippen LogP contribution in [0, 0.1) is 19.8 Å². The number of hydrogen-bond acceptors (Lipinski definition) is 7. The van der Waals surface area contributed by atoms with E-state index in [0.29, 0.717) is 36.6 Å². The molecule has 0 atom stereocenters. The number of carboxylic acids is 1. The largest absolute Gasteiger partial charge is 0.493 e. The highest BCUT2D eigenvalue weighted by atomic mass is 32.1. The number of nitrogens with one attached hydrogen (secondary N) is 2. The van der Waals surface area contributed by atoms with Crippen LogP contribution in [-0.2, 0) is 13.0 Å². The Balaban J connectivity index is 1.32. The number of nitrogens with zero attached hydrogens (tertiary/aromatic N) is 1. The molecule has 5 N–H and O–H groups in total. The van der Waals surface area contributed by atoms with Crippen molar-refractivity contribution in [2.45, 2.75) is 70.9 Å². The van der Waals surface area contributed by atoms with E-state index in [1.807, 2.05) is 31.4 Å². The minimum Gasteiger partial charge on any atom is -0.493 e. The van der Waals surface area contributed by atoms with Crippen molar-refractivity contribution in [3.63, 3.8) is 0 Å². The second kappa shape index (κ2) is 12.2. The predicted octanol–water partition coefficient (Wildman–Crippen LogP) is 6.89. The van der Waals surface area contributed by atoms with Gasteiger partial charge < -0.3 is 26.2 Å². The lowest BCUT2D eigenvalue weighted by Gasteiger charge is -2.46. The normalized spacial score (nSPS) is 19.6. The molecule has 3 fully saturated rings. The summed E-state index contributed by atoms with van der Waals surface area (Å²) in [5.41, 5.74) is 11.5. The summed E-state index contributed by atoms with van der Waals surface area (Å²) in [4.78, 5) is 45.8. The third-order valence-corrected chi connectivity index (χ3v) is 11.1. The zero-order chi connectivity index (χ0) is 32.9. The molecule has 0 unspecified atom stereocenters. The molecule has 47 heavy (non-hydrogen) atoms. The van der Waals surface area contributed by atoms with Crippen LogP contribution in [0.2, 0.25) is 0 Å². The van der Waals surface area contributed by atoms with Crippen LogP contribution in [0.4, 0.5) is 5.69 Å². The molecule has 3 saturated carbocycles. The van der Waals surface area contributed by atoms with Gasteiger partial charge in [-0.3, -0.25) is 9.59 Å². The van der Waals surface area contributed by atoms with Crippen LogP contribution >= 0.6 is 11.3 Å². The van der Waals surface area contributed by atoms with Crippen molar-refractivity contribution in [3.05, 3.63) is 87.0 Å². The molecule has 2 amide bonds. The summed E-state index contributed by atoms with van der Waals surface area (Å²) in [6.45, 7) is 4.66. The summed E-state index contributed by atoms with van der Waals surface area (Å²) in [6.07, 6.45) is 6.80. The molecule has 8 rings (SSSR count). The number of carbonyl (C=O) groups excluding carboxylic acids is 2. The molecule has 242 valence electrons. The molecule has 3 aliphatic carbocycles. The summed E-state index contributed by atoms with van der Waals surface area (Å²) in [5.74, 6) is -0.771. The number of anilines is 1. The number of aromatic carboxylic acids is 1. The molecule has 4 aliphatic rings. The lowest BCUT2D eigenvalue weighted by atomic mass is 9.66. The van der Waals surface area contributed by atoms with E-state index < -0.39 is 11.9 Å². The van der Waals surface area contributed by atoms with Crippen LogP contribution in [0.5, 0.6) is 5.75 Å². The van der Waals surface area contributed by atoms with Gasteiger partial charge in [0.1, 0.15) is 11.4 Å². The van der Waals surface area contributed by atoms with Gasteiger partial charge in [0.05, 0.1) is 6.61 Å². The minimum absolute atomic E-state index is 0.0414. The van der Waals surface area contributed by atoms with Crippen LogP contribution in [0.3, 0.4) is 0 Å². The summed E-state index contributed by atoms with van der Waals surface area (Å²) >= 11 is 1.57. The van der Waals surface area contributed by atoms with E-state index in [1.54, 1.807) is 35.6 Å². The Hall–Kier alpha value is -4.54. The fourth-order valence-corrected chi connectivity index (χ4v) is 8.56. The van der Waals surface area contributed by atoms with Crippen LogP contribution in [0.25, 0.3) is 21.6 Å². The molecule has 0 spiro atoms. The number of rotatable bonds is 7. The molecule has 2 aromatic carbocycles. The molecule has 3 heterocycles. The summed E-state index contributed by atoms with van der Waals surface area (Å²) < 4.78 is 6.17. The molecule has 0 radical (unpaired) electrons. The number of aryl methyl sites for hydroxylation is 2. The van der Waals surface area contributed by atoms with Crippen molar-refractivity contribution in [2.75, 3.05) is 11.9 Å². The summed E-state index contributed by atoms with van der Waals surface area (Å²) in [7, 11) is 0. The Labute approximate surface area is 277 Å². The first kappa shape index (κ1) is 31.1. The van der Waals surface area contributed by atoms with Gasteiger partial charge in [0.15, 0.2) is 5.69 Å². The number of ether oxygens (including phenoxy) is 1. The minimum atomic E-state index is -1.29. The number of fused-ring (bicyclic) bond motifs is 6. The first-order chi connectivity index (χ1) is 22.6. The standard InChI is InChI=1S/C37H38N4O5S/c1-20-15-23(19-38)16-21(2)31(20)40-34(42)27-17-28-30(46-13-8-24-9-14-47-33(24)28)18-26(27)25-3-4-29(39-32(25)36(44)45)35(43)41-37-10-5-22(6-11-37)7-12-37/h3-4,9,14-18,22H,5-8,10-13,19,38H2,1-2H3,(H,40,42)(H,41,43)(H,44,45). The zero-order valence-electron chi connectivity index (χ0n) is 26.6. The molecule has 2 aromatic heterocycles. The van der Waals surface area contributed by atoms with E-state index >= 15 is 0 Å². The fourth-order valence-electron chi connectivity index (χ4n) is 7.58. The lowest BCUT2D eigenvalue weighted by molar-refractivity contribution is 0.0690. The third-order valence-electron chi connectivity index (χ3n) is 10.1. The second-order valence-electron chi connectivity index (χ2n) is 13.1. The van der Waals surface area contributed by atoms with Gasteiger partial charge in [-0.2, -0.15) is 0 Å². The molecular weight excluding hydrogens is 612 g/mol. The van der Waals surface area contributed by atoms with E-state index in [1.165, 1.54) is 0 Å². The van der Waals surface area contributed by atoms with Crippen molar-refractivity contribution >= 4 is 34.8 Å². The van der Waals surface area contributed by atoms with Crippen molar-refractivity contribution in [3.8, 4) is 27.3 Å². The number of carbonyl (C=O) groups is 3. The van der Waals surface area contributed by atoms with Crippen LogP contribution < -0.4 is 21.1 Å². The van der Waals surface area contributed by atoms with Crippen molar-refractivity contribution in [1.29, 1.82) is 0 Å². The highest BCUT2D eigenvalue weighted by Crippen LogP contribution is 2.45. The number of carboxylic acid groups (broad SMARTS) is 1. The summed E-state index contributed by atoms with van der Waals surface area (Å²) in [6, 6.07) is 12.6. The smallest absolute Gasteiger partial charge is 0.355 e. The quantitative estimate of drug-likeness (QED) is 0.171. The Kier molecular flexibility index (Phi) is 8.09. The first-order valence-corrected chi connectivity index (χ1v) is 17.1. The maximum atomic E-state index is 14.2. The Morgan fingerprint density at radius 2 is 1.70 bits per heavy atom. The molecule has 0 saturated heterocycles. The van der Waals surface area contributed by atoms with Gasteiger partial charge in [-0.25, -0.2) is 9.78 Å². The topological polar surface area (TPSA) is 144 Å². The highest BCUT2D eigenvalue weighted by Gasteiger charge is 2.41. The van der Waals surface area contributed by atoms with E-state index in [9.17, 15) is 19.5 Å². The van der Waals surface area contributed by atoms with Crippen LogP contribution in [0.15, 0.2) is 47.8 Å². The van der Waals surface area contributed by atoms with Gasteiger partial charge in [-0.05, 0) is 116 Å². The number of benzene rings is 2. The number of nitrogens with two attached hydrogens (primary N) is 1. The molecule has 10 heteroatoms. The van der Waals surface area contributed by atoms with Gasteiger partial charge in [-0.1, -0.05) is 12.1 Å². The van der Waals surface area contributed by atoms with Gasteiger partial charge in [0.25, 0.3) is 11.8 Å². The zero-order valence-corrected chi connectivity index (χ0v) is 27.4. The summed E-state index contributed by atoms with van der Waals surface area (Å²) in [5, 5.41) is 18.7. The Bertz CT molecular complexity index is 1890. The maximum absolute atomic E-state index is 14.2. The highest BCUT2D eigenvalue weighted by molar-refractivity contribution is 7.13. The monoisotopic (exact) mass is 650 g/mol. The molecule has 1 aliphatic heterocycles. The van der Waals surface area contributed by atoms with Gasteiger partial charge in [0.2, 0.25) is 0 Å². The number of hydrogen-bond donors (Lipinski definition) is 4. The van der Waals surface area contributed by atoms with E-state index in [-0.39, 0.29) is 34.0 Å². The molecular formula is C37H38N4O5S. The van der Waals surface area contributed by atoms with Crippen LogP contribution in [-0.4, -0.2) is 40.0 Å². The Morgan fingerprint density at radius 3 is 2.38 bits per heavy atom. The van der Waals surface area contributed by atoms with Gasteiger partial charge in [-0.15, -0.1) is 11.3 Å². The van der Waals surface area contributed by atoms with E-state index in [0.717, 1.165) is 77.1 Å². The first-order valence-electron chi connectivity index (χ1n) is 16.2. The van der Waals surface area contributed by atoms with Crippen molar-refractivity contribution in [1.82, 2.24) is 10.3 Å². The molecule has 2 bridgehead atoms. The average Bonchev–Trinajstić information content (AvgIpc) is 3.47. The number of pyridine rings is 1. The fraction of sp³-hybridized carbons (Fsp3) is 0.351. The van der Waals surface area contributed by atoms with E-state index in [4.69, 9.17) is 10.5 Å². The van der Waals surface area contributed by atoms with Gasteiger partial charge in [0, 0.05) is 51.3 Å².